The van der Waals surface area contributed by atoms with Crippen molar-refractivity contribution >= 4 is 40.1 Å². The van der Waals surface area contributed by atoms with Crippen LogP contribution in [0.4, 0.5) is 5.69 Å². The third-order valence-corrected chi connectivity index (χ3v) is 6.94. The summed E-state index contributed by atoms with van der Waals surface area (Å²) >= 11 is 8.26. The minimum Gasteiger partial charge on any atom is -0.490 e. The first kappa shape index (κ1) is 24.3. The van der Waals surface area contributed by atoms with Crippen LogP contribution >= 0.6 is 23.4 Å². The van der Waals surface area contributed by atoms with E-state index in [0.29, 0.717) is 34.9 Å². The molecule has 0 aliphatic carbocycles. The van der Waals surface area contributed by atoms with E-state index in [1.807, 2.05) is 85.6 Å². The van der Waals surface area contributed by atoms with Crippen molar-refractivity contribution < 1.29 is 14.3 Å². The van der Waals surface area contributed by atoms with Crippen molar-refractivity contribution in [2.45, 2.75) is 32.7 Å². The molecule has 186 valence electrons. The maximum absolute atomic E-state index is 13.2. The maximum Gasteiger partial charge on any atom is 0.255 e. The smallest absolute Gasteiger partial charge is 0.255 e. The maximum atomic E-state index is 13.2. The summed E-state index contributed by atoms with van der Waals surface area (Å²) in [5.41, 5.74) is 3.59. The summed E-state index contributed by atoms with van der Waals surface area (Å²) in [6, 6.07) is 20.9. The van der Waals surface area contributed by atoms with Gasteiger partial charge in [0.2, 0.25) is 0 Å². The molecule has 0 bridgehead atoms. The molecule has 0 unspecified atom stereocenters. The molecular weight excluding hydrogens is 496 g/mol. The van der Waals surface area contributed by atoms with Crippen LogP contribution in [0, 0.1) is 0 Å². The highest BCUT2D eigenvalue weighted by Gasteiger charge is 2.42. The van der Waals surface area contributed by atoms with Crippen LogP contribution in [0.2, 0.25) is 5.02 Å². The average molecular weight is 523 g/mol. The number of hydrazone groups is 1. The number of rotatable bonds is 7. The highest BCUT2D eigenvalue weighted by molar-refractivity contribution is 8.13. The van der Waals surface area contributed by atoms with E-state index in [1.54, 1.807) is 0 Å². The van der Waals surface area contributed by atoms with E-state index in [0.717, 1.165) is 28.1 Å². The molecule has 2 heterocycles. The number of benzene rings is 3. The van der Waals surface area contributed by atoms with E-state index in [4.69, 9.17) is 26.2 Å². The van der Waals surface area contributed by atoms with Crippen molar-refractivity contribution in [1.29, 1.82) is 0 Å². The van der Waals surface area contributed by atoms with E-state index >= 15 is 0 Å². The first-order chi connectivity index (χ1) is 17.6. The van der Waals surface area contributed by atoms with E-state index in [9.17, 15) is 4.79 Å². The first-order valence-electron chi connectivity index (χ1n) is 11.9. The van der Waals surface area contributed by atoms with E-state index in [1.165, 1.54) is 11.8 Å². The van der Waals surface area contributed by atoms with Crippen LogP contribution in [-0.2, 0) is 11.4 Å². The summed E-state index contributed by atoms with van der Waals surface area (Å²) in [6.07, 6.45) is -0.441. The number of para-hydroxylation sites is 1. The molecule has 2 N–H and O–H groups in total. The molecule has 9 heteroatoms. The lowest BCUT2D eigenvalue weighted by molar-refractivity contribution is -0.127. The van der Waals surface area contributed by atoms with Crippen molar-refractivity contribution in [1.82, 2.24) is 10.3 Å². The summed E-state index contributed by atoms with van der Waals surface area (Å²) in [5.74, 6) is 1.71. The van der Waals surface area contributed by atoms with Crippen LogP contribution in [0.5, 0.6) is 11.5 Å². The molecule has 2 aliphatic heterocycles. The zero-order valence-electron chi connectivity index (χ0n) is 20.0. The molecular formula is C27H27ClN4O3S. The topological polar surface area (TPSA) is 75.2 Å². The fourth-order valence-electron chi connectivity index (χ4n) is 4.37. The number of fused-ring (bicyclic) bond motifs is 3. The number of carbonyl (C=O) groups excluding carboxylic acids is 1. The predicted molar refractivity (Wildman–Crippen MR) is 144 cm³/mol. The van der Waals surface area contributed by atoms with Gasteiger partial charge in [0.1, 0.15) is 12.8 Å². The number of thioether (sulfide) groups is 1. The fraction of sp³-hybridized carbons (Fsp3) is 0.259. The summed E-state index contributed by atoms with van der Waals surface area (Å²) in [6.45, 7) is 4.76. The summed E-state index contributed by atoms with van der Waals surface area (Å²) in [4.78, 5) is 13.2. The van der Waals surface area contributed by atoms with Crippen molar-refractivity contribution in [3.8, 4) is 11.5 Å². The summed E-state index contributed by atoms with van der Waals surface area (Å²) in [5, 5.41) is 14.1. The molecule has 0 spiro atoms. The minimum atomic E-state index is -0.572. The normalized spacial score (nSPS) is 18.4. The van der Waals surface area contributed by atoms with Crippen LogP contribution in [0.15, 0.2) is 71.8 Å². The Morgan fingerprint density at radius 1 is 1.06 bits per heavy atom. The fourth-order valence-corrected chi connectivity index (χ4v) is 5.24. The van der Waals surface area contributed by atoms with Gasteiger partial charge in [-0.1, -0.05) is 78.8 Å². The number of nitrogens with one attached hydrogen (secondary N) is 2. The minimum absolute atomic E-state index is 0.112. The highest BCUT2D eigenvalue weighted by Crippen LogP contribution is 2.45. The summed E-state index contributed by atoms with van der Waals surface area (Å²) < 4.78 is 12.0. The van der Waals surface area contributed by atoms with Crippen LogP contribution in [0.1, 0.15) is 42.7 Å². The van der Waals surface area contributed by atoms with Crippen LogP contribution < -0.4 is 20.1 Å². The zero-order chi connectivity index (χ0) is 25.1. The SMILES string of the molecule is CCOc1cc([C@H]2Nc3ccccc3[C@H]3C(=O)NC(SCC)=NN23)cc(Cl)c1OCc1ccccc1. The van der Waals surface area contributed by atoms with Gasteiger partial charge in [0, 0.05) is 16.8 Å². The Morgan fingerprint density at radius 2 is 1.83 bits per heavy atom. The van der Waals surface area contributed by atoms with Crippen molar-refractivity contribution in [2.75, 3.05) is 17.7 Å². The van der Waals surface area contributed by atoms with Gasteiger partial charge < -0.3 is 20.1 Å². The molecule has 3 aromatic rings. The molecule has 1 amide bonds. The van der Waals surface area contributed by atoms with Gasteiger partial charge in [-0.25, -0.2) is 0 Å². The molecule has 0 radical (unpaired) electrons. The number of hydrogen-bond acceptors (Lipinski definition) is 7. The standard InChI is InChI=1S/C27H27ClN4O3S/c1-3-34-22-15-18(14-20(28)24(22)35-16-17-10-6-5-7-11-17)25-29-21-13-9-8-12-19(21)23-26(33)30-27(36-4-2)31-32(23)25/h5-15,23,25,29H,3-4,16H2,1-2H3,(H,30,31,33)/t23-,25-/m0/s1. The lowest BCUT2D eigenvalue weighted by Crippen LogP contribution is -2.50. The van der Waals surface area contributed by atoms with Gasteiger partial charge in [0.15, 0.2) is 22.7 Å². The number of amides is 1. The molecule has 5 rings (SSSR count). The first-order valence-corrected chi connectivity index (χ1v) is 13.2. The Labute approximate surface area is 219 Å². The predicted octanol–water partition coefficient (Wildman–Crippen LogP) is 5.94. The van der Waals surface area contributed by atoms with Gasteiger partial charge >= 0.3 is 0 Å². The zero-order valence-corrected chi connectivity index (χ0v) is 21.6. The number of nitrogens with zero attached hydrogens (tertiary/aromatic N) is 2. The van der Waals surface area contributed by atoms with Crippen LogP contribution in [-0.4, -0.2) is 28.4 Å². The number of carbonyl (C=O) groups is 1. The molecule has 7 nitrogen and oxygen atoms in total. The lowest BCUT2D eigenvalue weighted by atomic mass is 9.97. The number of hydrogen-bond donors (Lipinski definition) is 2. The molecule has 2 aliphatic rings. The van der Waals surface area contributed by atoms with Crippen LogP contribution in [0.25, 0.3) is 0 Å². The van der Waals surface area contributed by atoms with Gasteiger partial charge in [0.25, 0.3) is 5.91 Å². The molecule has 0 aromatic heterocycles. The van der Waals surface area contributed by atoms with Gasteiger partial charge in [-0.3, -0.25) is 9.80 Å². The third-order valence-electron chi connectivity index (χ3n) is 5.92. The number of halogens is 1. The number of anilines is 1. The second kappa shape index (κ2) is 10.7. The average Bonchev–Trinajstić information content (AvgIpc) is 2.88. The van der Waals surface area contributed by atoms with Gasteiger partial charge in [-0.2, -0.15) is 0 Å². The number of ether oxygens (including phenoxy) is 2. The molecule has 0 fully saturated rings. The second-order valence-electron chi connectivity index (χ2n) is 8.28. The molecule has 3 aromatic carbocycles. The van der Waals surface area contributed by atoms with Crippen LogP contribution in [0.3, 0.4) is 0 Å². The van der Waals surface area contributed by atoms with Gasteiger partial charge in [-0.15, -0.1) is 5.10 Å². The number of amidine groups is 1. The Bertz CT molecular complexity index is 1290. The third kappa shape index (κ3) is 4.83. The Kier molecular flexibility index (Phi) is 7.25. The Morgan fingerprint density at radius 3 is 2.61 bits per heavy atom. The van der Waals surface area contributed by atoms with E-state index in [2.05, 4.69) is 10.6 Å². The van der Waals surface area contributed by atoms with E-state index < -0.39 is 12.2 Å². The molecule has 36 heavy (non-hydrogen) atoms. The van der Waals surface area contributed by atoms with Gasteiger partial charge in [0.05, 0.1) is 11.6 Å². The quantitative estimate of drug-likeness (QED) is 0.400. The Balaban J connectivity index is 1.54. The highest BCUT2D eigenvalue weighted by atomic mass is 35.5. The second-order valence-corrected chi connectivity index (χ2v) is 9.94. The molecule has 0 saturated heterocycles. The van der Waals surface area contributed by atoms with Crippen molar-refractivity contribution in [3.05, 3.63) is 88.4 Å². The lowest BCUT2D eigenvalue weighted by Gasteiger charge is -2.43. The molecule has 0 saturated carbocycles. The summed E-state index contributed by atoms with van der Waals surface area (Å²) in [7, 11) is 0. The Hall–Kier alpha value is -3.36. The van der Waals surface area contributed by atoms with Crippen molar-refractivity contribution in [3.63, 3.8) is 0 Å². The largest absolute Gasteiger partial charge is 0.490 e. The monoisotopic (exact) mass is 522 g/mol. The van der Waals surface area contributed by atoms with Gasteiger partial charge in [-0.05, 0) is 36.4 Å². The molecule has 2 atom stereocenters. The van der Waals surface area contributed by atoms with E-state index in [-0.39, 0.29) is 5.91 Å². The van der Waals surface area contributed by atoms with Crippen molar-refractivity contribution in [2.24, 2.45) is 5.10 Å².